The number of ether oxygens (including phenoxy) is 6. The number of aliphatic hydroxyl groups is 2. The molecule has 4 aliphatic rings. The SMILES string of the molecule is CCC1C=C(C)CC(C)CC(OC)C2OC(O)(C(=O)C(=O)N3CCCCC3C(=O)OC(C(C)=CC3CCC(Oc4ccc5ccn(C)c5c4)C(OC)C3)C(C)C(O)CC1=O)C(C)CC2OC. The zero-order valence-corrected chi connectivity index (χ0v) is 40.9. The number of piperidine rings is 1. The number of benzene rings is 1. The third-order valence-electron chi connectivity index (χ3n) is 15.0. The molecule has 3 fully saturated rings. The van der Waals surface area contributed by atoms with Gasteiger partial charge in [0.05, 0.1) is 29.9 Å². The van der Waals surface area contributed by atoms with Crippen molar-refractivity contribution in [3.8, 4) is 5.75 Å². The zero-order chi connectivity index (χ0) is 48.0. The van der Waals surface area contributed by atoms with Crippen molar-refractivity contribution in [1.29, 1.82) is 0 Å². The van der Waals surface area contributed by atoms with Gasteiger partial charge in [-0.15, -0.1) is 0 Å². The van der Waals surface area contributed by atoms with E-state index in [9.17, 15) is 29.4 Å². The second-order valence-corrected chi connectivity index (χ2v) is 19.9. The molecule has 1 saturated carbocycles. The van der Waals surface area contributed by atoms with Crippen LogP contribution in [0.5, 0.6) is 5.75 Å². The summed E-state index contributed by atoms with van der Waals surface area (Å²) in [5.41, 5.74) is 2.77. The van der Waals surface area contributed by atoms with Gasteiger partial charge in [-0.2, -0.15) is 0 Å². The molecule has 14 nitrogen and oxygen atoms in total. The van der Waals surface area contributed by atoms with Crippen LogP contribution in [-0.4, -0.2) is 126 Å². The van der Waals surface area contributed by atoms with Crippen molar-refractivity contribution in [2.24, 2.45) is 36.6 Å². The van der Waals surface area contributed by atoms with Crippen molar-refractivity contribution >= 4 is 34.3 Å². The molecular formula is C52H76N2O12. The Morgan fingerprint density at radius 3 is 2.32 bits per heavy atom. The third-order valence-corrected chi connectivity index (χ3v) is 15.0. The molecule has 366 valence electrons. The number of methoxy groups -OCH3 is 3. The lowest BCUT2D eigenvalue weighted by Gasteiger charge is -2.47. The molecule has 66 heavy (non-hydrogen) atoms. The molecule has 14 heteroatoms. The summed E-state index contributed by atoms with van der Waals surface area (Å²) in [7, 11) is 6.77. The molecule has 0 radical (unpaired) electrons. The first kappa shape index (κ1) is 51.5. The summed E-state index contributed by atoms with van der Waals surface area (Å²) in [6, 6.07) is 7.00. The second-order valence-electron chi connectivity index (χ2n) is 19.9. The summed E-state index contributed by atoms with van der Waals surface area (Å²) in [5, 5.41) is 25.1. The standard InChI is InChI=1S/C52H76N2O12/c1-11-36-23-30(2)22-31(3)24-45(62-9)48-46(63-10)26-33(5)52(60,66-48)49(57)50(58)54-20-13-12-14-39(54)51(59)65-47(34(6)41(55)29-42(36)56)32(4)25-35-15-18-43(44(27-35)61-8)64-38-17-16-37-19-21-53(7)40(37)28-38/h16-17,19,21,23,25,28,31,33-36,39,41,43-48,55,60H,11-15,18,20,22,24,26-27,29H2,1-10H3. The molecule has 1 aromatic carbocycles. The summed E-state index contributed by atoms with van der Waals surface area (Å²) in [4.78, 5) is 58.5. The Labute approximate surface area is 391 Å². The van der Waals surface area contributed by atoms with E-state index in [1.54, 1.807) is 28.1 Å². The molecule has 2 aromatic rings. The number of hydrogen-bond donors (Lipinski definition) is 2. The minimum Gasteiger partial charge on any atom is -0.488 e. The molecule has 0 spiro atoms. The number of aliphatic hydroxyl groups excluding tert-OH is 1. The lowest BCUT2D eigenvalue weighted by atomic mass is 9.81. The van der Waals surface area contributed by atoms with Crippen molar-refractivity contribution < 1.29 is 57.8 Å². The summed E-state index contributed by atoms with van der Waals surface area (Å²) >= 11 is 0. The summed E-state index contributed by atoms with van der Waals surface area (Å²) < 4.78 is 39.1. The van der Waals surface area contributed by atoms with Crippen LogP contribution in [0.2, 0.25) is 0 Å². The molecule has 14 unspecified atom stereocenters. The Morgan fingerprint density at radius 2 is 1.62 bits per heavy atom. The Hall–Kier alpha value is -3.92. The predicted octanol–water partition coefficient (Wildman–Crippen LogP) is 7.05. The second kappa shape index (κ2) is 22.5. The Balaban J connectivity index is 1.30. The number of amides is 1. The molecule has 4 heterocycles. The fraction of sp³-hybridized carbons (Fsp3) is 0.692. The molecule has 1 aromatic heterocycles. The van der Waals surface area contributed by atoms with E-state index in [0.717, 1.165) is 28.6 Å². The van der Waals surface area contributed by atoms with E-state index in [1.165, 1.54) is 12.0 Å². The average molecular weight is 921 g/mol. The summed E-state index contributed by atoms with van der Waals surface area (Å²) in [5.74, 6) is -6.71. The maximum atomic E-state index is 14.6. The van der Waals surface area contributed by atoms with Crippen molar-refractivity contribution in [2.75, 3.05) is 27.9 Å². The Kier molecular flexibility index (Phi) is 17.5. The number of cyclic esters (lactones) is 1. The fourth-order valence-corrected chi connectivity index (χ4v) is 11.0. The van der Waals surface area contributed by atoms with Crippen molar-refractivity contribution in [2.45, 2.75) is 167 Å². The Bertz CT molecular complexity index is 2080. The number of allylic oxidation sites excluding steroid dienone is 3. The van der Waals surface area contributed by atoms with E-state index >= 15 is 0 Å². The molecule has 1 aliphatic carbocycles. The highest BCUT2D eigenvalue weighted by Gasteiger charge is 2.56. The van der Waals surface area contributed by atoms with Crippen LogP contribution in [-0.2, 0) is 49.9 Å². The number of nitrogens with zero attached hydrogens (tertiary/aromatic N) is 2. The maximum Gasteiger partial charge on any atom is 0.329 e. The molecule has 2 saturated heterocycles. The fourth-order valence-electron chi connectivity index (χ4n) is 11.0. The number of hydrogen-bond acceptors (Lipinski definition) is 12. The topological polar surface area (TPSA) is 172 Å². The van der Waals surface area contributed by atoms with Gasteiger partial charge in [-0.3, -0.25) is 14.4 Å². The number of rotatable bonds is 8. The normalized spacial score (nSPS) is 36.3. The lowest BCUT2D eigenvalue weighted by molar-refractivity contribution is -0.302. The van der Waals surface area contributed by atoms with Crippen LogP contribution in [0, 0.1) is 29.6 Å². The van der Waals surface area contributed by atoms with Gasteiger partial charge in [0, 0.05) is 71.4 Å². The first-order valence-corrected chi connectivity index (χ1v) is 24.2. The van der Waals surface area contributed by atoms with Gasteiger partial charge in [-0.1, -0.05) is 45.4 Å². The molecule has 2 N–H and O–H groups in total. The molecule has 2 bridgehead atoms. The minimum atomic E-state index is -2.51. The lowest BCUT2D eigenvalue weighted by Crippen LogP contribution is -2.64. The molecule has 1 amide bonds. The first-order chi connectivity index (χ1) is 31.4. The minimum absolute atomic E-state index is 0.0165. The average Bonchev–Trinajstić information content (AvgIpc) is 3.68. The smallest absolute Gasteiger partial charge is 0.329 e. The number of carbonyl (C=O) groups is 4. The molecule has 14 atom stereocenters. The number of fused-ring (bicyclic) bond motifs is 4. The Morgan fingerprint density at radius 1 is 0.909 bits per heavy atom. The van der Waals surface area contributed by atoms with Crippen molar-refractivity contribution in [3.05, 3.63) is 53.8 Å². The highest BCUT2D eigenvalue weighted by atomic mass is 16.7. The van der Waals surface area contributed by atoms with Gasteiger partial charge in [0.1, 0.15) is 35.9 Å². The van der Waals surface area contributed by atoms with Crippen LogP contribution in [0.15, 0.2) is 53.8 Å². The third kappa shape index (κ3) is 11.5. The van der Waals surface area contributed by atoms with Gasteiger partial charge >= 0.3 is 5.97 Å². The van der Waals surface area contributed by atoms with Crippen LogP contribution in [0.4, 0.5) is 0 Å². The first-order valence-electron chi connectivity index (χ1n) is 24.2. The van der Waals surface area contributed by atoms with E-state index in [2.05, 4.69) is 23.6 Å². The van der Waals surface area contributed by atoms with E-state index in [4.69, 9.17) is 28.4 Å². The predicted molar refractivity (Wildman–Crippen MR) is 249 cm³/mol. The summed E-state index contributed by atoms with van der Waals surface area (Å²) in [6.07, 6.45) is 6.66. The van der Waals surface area contributed by atoms with Crippen LogP contribution in [0.3, 0.4) is 0 Å². The van der Waals surface area contributed by atoms with Crippen molar-refractivity contribution in [1.82, 2.24) is 9.47 Å². The van der Waals surface area contributed by atoms with Gasteiger partial charge in [-0.25, -0.2) is 4.79 Å². The number of esters is 1. The highest BCUT2D eigenvalue weighted by molar-refractivity contribution is 6.39. The van der Waals surface area contributed by atoms with E-state index in [0.29, 0.717) is 50.5 Å². The monoisotopic (exact) mass is 921 g/mol. The van der Waals surface area contributed by atoms with Crippen molar-refractivity contribution in [3.63, 3.8) is 0 Å². The number of ketones is 2. The molecule has 3 aliphatic heterocycles. The van der Waals surface area contributed by atoms with Gasteiger partial charge in [-0.05, 0) is 119 Å². The van der Waals surface area contributed by atoms with E-state index in [-0.39, 0.29) is 55.6 Å². The number of aryl methyl sites for hydroxylation is 1. The van der Waals surface area contributed by atoms with Gasteiger partial charge in [0.15, 0.2) is 0 Å². The highest BCUT2D eigenvalue weighted by Crippen LogP contribution is 2.40. The molecule has 6 rings (SSSR count). The van der Waals surface area contributed by atoms with E-state index in [1.807, 2.05) is 58.3 Å². The van der Waals surface area contributed by atoms with Crippen LogP contribution in [0.1, 0.15) is 112 Å². The van der Waals surface area contributed by atoms with E-state index < -0.39 is 77.8 Å². The summed E-state index contributed by atoms with van der Waals surface area (Å²) in [6.45, 7) is 11.4. The quantitative estimate of drug-likeness (QED) is 0.157. The number of Topliss-reactive ketones (excluding diaryl/α,β-unsaturated/α-hetero) is 2. The molecular weight excluding hydrogens is 845 g/mol. The van der Waals surface area contributed by atoms with Gasteiger partial charge in [0.2, 0.25) is 5.79 Å². The van der Waals surface area contributed by atoms with Crippen LogP contribution >= 0.6 is 0 Å². The van der Waals surface area contributed by atoms with Gasteiger partial charge in [0.25, 0.3) is 11.7 Å². The van der Waals surface area contributed by atoms with Crippen LogP contribution in [0.25, 0.3) is 10.9 Å². The number of aromatic nitrogens is 1. The zero-order valence-electron chi connectivity index (χ0n) is 40.9. The largest absolute Gasteiger partial charge is 0.488 e. The number of carbonyl (C=O) groups excluding carboxylic acids is 4. The maximum absolute atomic E-state index is 14.6. The van der Waals surface area contributed by atoms with Crippen LogP contribution < -0.4 is 4.74 Å². The van der Waals surface area contributed by atoms with Gasteiger partial charge < -0.3 is 48.1 Å².